The topological polar surface area (TPSA) is 281 Å². The van der Waals surface area contributed by atoms with E-state index in [1.807, 2.05) is 6.92 Å². The maximum absolute atomic E-state index is 11.7. The first-order valence-electron chi connectivity index (χ1n) is 15.4. The Bertz CT molecular complexity index is 899. The minimum absolute atomic E-state index is 0.126. The number of esters is 3. The van der Waals surface area contributed by atoms with Gasteiger partial charge in [0.1, 0.15) is 19.8 Å². The van der Waals surface area contributed by atoms with E-state index in [0.29, 0.717) is 25.7 Å². The van der Waals surface area contributed by atoms with E-state index in [1.54, 1.807) is 0 Å². The van der Waals surface area contributed by atoms with Gasteiger partial charge in [0.2, 0.25) is 0 Å². The summed E-state index contributed by atoms with van der Waals surface area (Å²) in [6.45, 7) is 3.99. The molecule has 0 aromatic rings. The molecule has 0 aliphatic heterocycles. The zero-order valence-electron chi connectivity index (χ0n) is 27.5. The molecule has 0 radical (unpaired) electrons. The van der Waals surface area contributed by atoms with E-state index in [2.05, 4.69) is 30.1 Å². The molecule has 0 aromatic carbocycles. The van der Waals surface area contributed by atoms with Gasteiger partial charge in [0.05, 0.1) is 79.3 Å². The third-order valence-electron chi connectivity index (χ3n) is 5.94. The highest BCUT2D eigenvalue weighted by atomic mass is 16.6. The minimum atomic E-state index is -0.569. The van der Waals surface area contributed by atoms with Crippen molar-refractivity contribution in [1.29, 1.82) is 0 Å². The van der Waals surface area contributed by atoms with Crippen molar-refractivity contribution < 1.29 is 57.0 Å². The van der Waals surface area contributed by atoms with Crippen molar-refractivity contribution >= 4 is 17.9 Å². The molecule has 21 heteroatoms. The molecule has 0 aromatic heterocycles. The fourth-order valence-electron chi connectivity index (χ4n) is 3.34. The van der Waals surface area contributed by atoms with Gasteiger partial charge in [-0.25, -0.2) is 14.4 Å². The number of azide groups is 3. The van der Waals surface area contributed by atoms with Gasteiger partial charge in [0, 0.05) is 39.8 Å². The van der Waals surface area contributed by atoms with Crippen LogP contribution in [0, 0.1) is 5.41 Å². The second-order valence-corrected chi connectivity index (χ2v) is 9.75. The predicted molar refractivity (Wildman–Crippen MR) is 166 cm³/mol. The Morgan fingerprint density at radius 2 is 0.792 bits per heavy atom. The number of hydrogen-bond donors (Lipinski definition) is 0. The largest absolute Gasteiger partial charge is 0.464 e. The molecule has 0 saturated heterocycles. The summed E-state index contributed by atoms with van der Waals surface area (Å²) in [4.78, 5) is 43.0. The Morgan fingerprint density at radius 3 is 1.06 bits per heavy atom. The van der Waals surface area contributed by atoms with Crippen LogP contribution >= 0.6 is 0 Å². The van der Waals surface area contributed by atoms with Crippen LogP contribution < -0.4 is 0 Å². The van der Waals surface area contributed by atoms with Crippen LogP contribution in [0.3, 0.4) is 0 Å². The van der Waals surface area contributed by atoms with E-state index < -0.39 is 23.3 Å². The highest BCUT2D eigenvalue weighted by Crippen LogP contribution is 2.24. The Balaban J connectivity index is 4.54. The maximum atomic E-state index is 11.7. The molecular weight excluding hydrogens is 642 g/mol. The fraction of sp³-hybridized carbons (Fsp3) is 0.889. The molecule has 0 N–H and O–H groups in total. The van der Waals surface area contributed by atoms with E-state index in [9.17, 15) is 14.4 Å². The molecule has 21 nitrogen and oxygen atoms in total. The summed E-state index contributed by atoms with van der Waals surface area (Å²) < 4.78 is 48.3. The van der Waals surface area contributed by atoms with Crippen LogP contribution in [0.5, 0.6) is 0 Å². The summed E-state index contributed by atoms with van der Waals surface area (Å²) in [7, 11) is 0. The number of rotatable bonds is 34. The standard InChI is InChI=1S/C27H47N9O12/c1-2-27(21-43-15-12-40-18-24(37)46-9-3-6-31-34-28,22-44-16-13-41-19-25(38)47-10-4-7-32-35-29)23-45-17-14-42-20-26(39)48-11-5-8-33-36-30/h2-23H2,1H3. The fourth-order valence-corrected chi connectivity index (χ4v) is 3.34. The molecule has 0 aliphatic carbocycles. The van der Waals surface area contributed by atoms with Crippen LogP contribution in [0.1, 0.15) is 32.6 Å². The molecule has 0 aliphatic rings. The van der Waals surface area contributed by atoms with Gasteiger partial charge in [-0.3, -0.25) is 0 Å². The SMILES string of the molecule is CCC(COCCOCC(=O)OCCCN=[N+]=[N-])(COCCOCC(=O)OCCCN=[N+]=[N-])COCCOCC(=O)OCCCN=[N+]=[N-]. The normalized spacial score (nSPS) is 11.7. The number of carbonyl (C=O) groups excluding carboxylic acids is 3. The maximum Gasteiger partial charge on any atom is 0.332 e. The number of nitrogens with zero attached hydrogens (tertiary/aromatic N) is 9. The van der Waals surface area contributed by atoms with E-state index in [0.717, 1.165) is 0 Å². The number of hydrogen-bond acceptors (Lipinski definition) is 15. The van der Waals surface area contributed by atoms with Crippen molar-refractivity contribution in [3.05, 3.63) is 31.3 Å². The molecule has 0 fully saturated rings. The zero-order valence-corrected chi connectivity index (χ0v) is 27.5. The van der Waals surface area contributed by atoms with Crippen LogP contribution in [0.25, 0.3) is 31.3 Å². The quantitative estimate of drug-likeness (QED) is 0.0235. The van der Waals surface area contributed by atoms with E-state index in [-0.39, 0.29) is 119 Å². The van der Waals surface area contributed by atoms with Crippen molar-refractivity contribution in [3.8, 4) is 0 Å². The third-order valence-corrected chi connectivity index (χ3v) is 5.94. The lowest BCUT2D eigenvalue weighted by molar-refractivity contribution is -0.150. The average molecular weight is 690 g/mol. The zero-order chi connectivity index (χ0) is 35.4. The molecular formula is C27H47N9O12. The average Bonchev–Trinajstić information content (AvgIpc) is 3.08. The molecule has 48 heavy (non-hydrogen) atoms. The first kappa shape index (κ1) is 44.1. The molecule has 0 spiro atoms. The minimum Gasteiger partial charge on any atom is -0.464 e. The second-order valence-electron chi connectivity index (χ2n) is 9.75. The van der Waals surface area contributed by atoms with Gasteiger partial charge >= 0.3 is 17.9 Å². The molecule has 0 amide bonds. The summed E-state index contributed by atoms with van der Waals surface area (Å²) in [5.74, 6) is -1.62. The third kappa shape index (κ3) is 28.3. The lowest BCUT2D eigenvalue weighted by Crippen LogP contribution is -2.38. The van der Waals surface area contributed by atoms with Gasteiger partial charge < -0.3 is 42.6 Å². The molecule has 0 saturated carbocycles. The van der Waals surface area contributed by atoms with Crippen LogP contribution in [-0.4, -0.2) is 137 Å². The van der Waals surface area contributed by atoms with Gasteiger partial charge in [-0.05, 0) is 42.3 Å². The Hall–Kier alpha value is -3.90. The van der Waals surface area contributed by atoms with Crippen LogP contribution in [-0.2, 0) is 57.0 Å². The smallest absolute Gasteiger partial charge is 0.332 e. The van der Waals surface area contributed by atoms with Crippen molar-refractivity contribution in [2.45, 2.75) is 32.6 Å². The Kier molecular flexibility index (Phi) is 30.3. The van der Waals surface area contributed by atoms with E-state index >= 15 is 0 Å². The van der Waals surface area contributed by atoms with E-state index in [4.69, 9.17) is 59.2 Å². The summed E-state index contributed by atoms with van der Waals surface area (Å²) in [5, 5.41) is 10.1. The Morgan fingerprint density at radius 1 is 0.500 bits per heavy atom. The molecule has 0 rings (SSSR count). The lowest BCUT2D eigenvalue weighted by atomic mass is 9.88. The highest BCUT2D eigenvalue weighted by molar-refractivity contribution is 5.71. The second kappa shape index (κ2) is 33.0. The van der Waals surface area contributed by atoms with Gasteiger partial charge in [-0.15, -0.1) is 0 Å². The van der Waals surface area contributed by atoms with Gasteiger partial charge in [-0.2, -0.15) is 0 Å². The van der Waals surface area contributed by atoms with Crippen molar-refractivity contribution in [1.82, 2.24) is 0 Å². The molecule has 0 atom stereocenters. The predicted octanol–water partition coefficient (Wildman–Crippen LogP) is 3.21. The summed E-state index contributed by atoms with van der Waals surface area (Å²) >= 11 is 0. The van der Waals surface area contributed by atoms with Crippen molar-refractivity contribution in [3.63, 3.8) is 0 Å². The molecule has 0 unspecified atom stereocenters. The summed E-state index contributed by atoms with van der Waals surface area (Å²) in [6, 6.07) is 0. The van der Waals surface area contributed by atoms with Crippen molar-refractivity contribution in [2.24, 2.45) is 20.8 Å². The van der Waals surface area contributed by atoms with Gasteiger partial charge in [0.15, 0.2) is 0 Å². The van der Waals surface area contributed by atoms with Gasteiger partial charge in [-0.1, -0.05) is 22.3 Å². The first-order valence-corrected chi connectivity index (χ1v) is 15.4. The molecule has 0 heterocycles. The monoisotopic (exact) mass is 689 g/mol. The molecule has 0 bridgehead atoms. The summed E-state index contributed by atoms with van der Waals surface area (Å²) in [6.07, 6.45) is 1.87. The van der Waals surface area contributed by atoms with Crippen LogP contribution in [0.15, 0.2) is 15.3 Å². The Labute approximate surface area is 278 Å². The highest BCUT2D eigenvalue weighted by Gasteiger charge is 2.30. The van der Waals surface area contributed by atoms with Crippen LogP contribution in [0.2, 0.25) is 0 Å². The number of carbonyl (C=O) groups is 3. The molecule has 272 valence electrons. The van der Waals surface area contributed by atoms with Gasteiger partial charge in [0.25, 0.3) is 0 Å². The summed E-state index contributed by atoms with van der Waals surface area (Å²) in [5.41, 5.74) is 24.1. The van der Waals surface area contributed by atoms with Crippen LogP contribution in [0.4, 0.5) is 0 Å². The lowest BCUT2D eigenvalue weighted by Gasteiger charge is -2.32. The first-order chi connectivity index (χ1) is 23.4. The van der Waals surface area contributed by atoms with E-state index in [1.165, 1.54) is 0 Å². The van der Waals surface area contributed by atoms with Crippen molar-refractivity contribution in [2.75, 3.05) is 119 Å². The number of ether oxygens (including phenoxy) is 9.